The lowest BCUT2D eigenvalue weighted by molar-refractivity contribution is -0.138. The van der Waals surface area contributed by atoms with Gasteiger partial charge in [0.2, 0.25) is 0 Å². The molecule has 1 aliphatic carbocycles. The van der Waals surface area contributed by atoms with E-state index in [-0.39, 0.29) is 11.5 Å². The monoisotopic (exact) mass is 214 g/mol. The molecule has 5 nitrogen and oxygen atoms in total. The van der Waals surface area contributed by atoms with E-state index in [2.05, 4.69) is 24.5 Å². The Balaban J connectivity index is 2.34. The molecule has 1 saturated carbocycles. The van der Waals surface area contributed by atoms with Crippen LogP contribution in [-0.4, -0.2) is 29.2 Å². The number of hydrogen-bond acceptors (Lipinski definition) is 2. The largest absolute Gasteiger partial charge is 0.480 e. The van der Waals surface area contributed by atoms with Crippen molar-refractivity contribution < 1.29 is 14.7 Å². The van der Waals surface area contributed by atoms with E-state index in [0.29, 0.717) is 0 Å². The van der Waals surface area contributed by atoms with Crippen LogP contribution in [0.25, 0.3) is 0 Å². The first-order chi connectivity index (χ1) is 6.83. The van der Waals surface area contributed by atoms with E-state index >= 15 is 0 Å². The molecule has 2 unspecified atom stereocenters. The van der Waals surface area contributed by atoms with Gasteiger partial charge in [-0.2, -0.15) is 0 Å². The molecule has 1 rings (SSSR count). The number of carboxylic acid groups (broad SMARTS) is 1. The molecule has 3 N–H and O–H groups in total. The lowest BCUT2D eigenvalue weighted by Gasteiger charge is -2.44. The number of hydrogen-bond donors (Lipinski definition) is 3. The third-order valence-electron chi connectivity index (χ3n) is 3.04. The highest BCUT2D eigenvalue weighted by Gasteiger charge is 2.39. The Kier molecular flexibility index (Phi) is 3.21. The third kappa shape index (κ3) is 2.84. The van der Waals surface area contributed by atoms with E-state index in [1.807, 2.05) is 0 Å². The predicted octanol–water partition coefficient (Wildman–Crippen LogP) is 0.947. The van der Waals surface area contributed by atoms with Crippen molar-refractivity contribution in [2.45, 2.75) is 45.7 Å². The highest BCUT2D eigenvalue weighted by molar-refractivity contribution is 5.82. The van der Waals surface area contributed by atoms with E-state index in [1.54, 1.807) is 0 Å². The van der Waals surface area contributed by atoms with Gasteiger partial charge in [0.05, 0.1) is 0 Å². The van der Waals surface area contributed by atoms with Crippen LogP contribution in [0.3, 0.4) is 0 Å². The van der Waals surface area contributed by atoms with Crippen LogP contribution in [0.5, 0.6) is 0 Å². The van der Waals surface area contributed by atoms with Crippen LogP contribution < -0.4 is 10.6 Å². The van der Waals surface area contributed by atoms with Crippen molar-refractivity contribution in [2.24, 2.45) is 5.41 Å². The molecule has 5 heteroatoms. The number of rotatable bonds is 3. The molecule has 0 spiro atoms. The number of urea groups is 1. The summed E-state index contributed by atoms with van der Waals surface area (Å²) in [6.07, 6.45) is 2.05. The van der Waals surface area contributed by atoms with Gasteiger partial charge in [-0.25, -0.2) is 4.79 Å². The molecular weight excluding hydrogens is 196 g/mol. The van der Waals surface area contributed by atoms with E-state index in [4.69, 9.17) is 5.11 Å². The zero-order valence-corrected chi connectivity index (χ0v) is 9.33. The number of carbonyl (C=O) groups is 2. The molecule has 0 aromatic heterocycles. The smallest absolute Gasteiger partial charge is 0.325 e. The zero-order valence-electron chi connectivity index (χ0n) is 9.33. The lowest BCUT2D eigenvalue weighted by atomic mass is 9.67. The first kappa shape index (κ1) is 11.8. The van der Waals surface area contributed by atoms with Crippen molar-refractivity contribution in [1.29, 1.82) is 0 Å². The Morgan fingerprint density at radius 3 is 2.40 bits per heavy atom. The van der Waals surface area contributed by atoms with Crippen LogP contribution in [0.2, 0.25) is 0 Å². The first-order valence-corrected chi connectivity index (χ1v) is 5.13. The molecule has 1 fully saturated rings. The molecule has 0 saturated heterocycles. The summed E-state index contributed by atoms with van der Waals surface area (Å²) < 4.78 is 0. The van der Waals surface area contributed by atoms with Crippen LogP contribution >= 0.6 is 0 Å². The second-order valence-corrected chi connectivity index (χ2v) is 4.76. The molecule has 0 radical (unpaired) electrons. The summed E-state index contributed by atoms with van der Waals surface area (Å²) in [5, 5.41) is 13.7. The Bertz CT molecular complexity index is 276. The van der Waals surface area contributed by atoms with Gasteiger partial charge in [0.25, 0.3) is 0 Å². The van der Waals surface area contributed by atoms with Gasteiger partial charge in [-0.05, 0) is 25.2 Å². The summed E-state index contributed by atoms with van der Waals surface area (Å²) in [5.41, 5.74) is 0.129. The highest BCUT2D eigenvalue weighted by Crippen LogP contribution is 2.39. The fourth-order valence-electron chi connectivity index (χ4n) is 1.59. The van der Waals surface area contributed by atoms with E-state index in [0.717, 1.165) is 12.8 Å². The van der Waals surface area contributed by atoms with E-state index in [1.165, 1.54) is 6.92 Å². The molecule has 0 aromatic rings. The van der Waals surface area contributed by atoms with Crippen molar-refractivity contribution in [3.05, 3.63) is 0 Å². The fourth-order valence-corrected chi connectivity index (χ4v) is 1.59. The Morgan fingerprint density at radius 2 is 2.07 bits per heavy atom. The fraction of sp³-hybridized carbons (Fsp3) is 0.800. The van der Waals surface area contributed by atoms with Gasteiger partial charge in [0.15, 0.2) is 0 Å². The second kappa shape index (κ2) is 4.08. The molecule has 0 aromatic carbocycles. The van der Waals surface area contributed by atoms with Crippen molar-refractivity contribution in [3.8, 4) is 0 Å². The summed E-state index contributed by atoms with van der Waals surface area (Å²) in [5.74, 6) is -1.03. The molecule has 15 heavy (non-hydrogen) atoms. The molecule has 0 heterocycles. The second-order valence-electron chi connectivity index (χ2n) is 4.76. The molecule has 2 atom stereocenters. The SMILES string of the molecule is CC(NC(=O)NC1CCC1(C)C)C(=O)O. The minimum atomic E-state index is -1.03. The number of aliphatic carboxylic acids is 1. The maximum Gasteiger partial charge on any atom is 0.325 e. The van der Waals surface area contributed by atoms with E-state index in [9.17, 15) is 9.59 Å². The molecule has 0 bridgehead atoms. The number of carboxylic acids is 1. The molecule has 0 aliphatic heterocycles. The molecular formula is C10H18N2O3. The molecule has 2 amide bonds. The van der Waals surface area contributed by atoms with Gasteiger partial charge in [-0.3, -0.25) is 4.79 Å². The molecule has 86 valence electrons. The van der Waals surface area contributed by atoms with Crippen molar-refractivity contribution in [1.82, 2.24) is 10.6 Å². The van der Waals surface area contributed by atoms with Gasteiger partial charge in [-0.15, -0.1) is 0 Å². The van der Waals surface area contributed by atoms with Crippen molar-refractivity contribution in [3.63, 3.8) is 0 Å². The number of nitrogens with one attached hydrogen (secondary N) is 2. The Labute approximate surface area is 89.2 Å². The average molecular weight is 214 g/mol. The van der Waals surface area contributed by atoms with Crippen LogP contribution in [0.15, 0.2) is 0 Å². The average Bonchev–Trinajstić information content (AvgIpc) is 2.12. The maximum absolute atomic E-state index is 11.4. The zero-order chi connectivity index (χ0) is 11.6. The topological polar surface area (TPSA) is 78.4 Å². The Hall–Kier alpha value is -1.26. The minimum Gasteiger partial charge on any atom is -0.480 e. The summed E-state index contributed by atoms with van der Waals surface area (Å²) in [6, 6.07) is -1.10. The summed E-state index contributed by atoms with van der Waals surface area (Å²) in [4.78, 5) is 21.9. The first-order valence-electron chi connectivity index (χ1n) is 5.13. The van der Waals surface area contributed by atoms with Gasteiger partial charge in [0.1, 0.15) is 6.04 Å². The van der Waals surface area contributed by atoms with E-state index < -0.39 is 18.0 Å². The third-order valence-corrected chi connectivity index (χ3v) is 3.04. The summed E-state index contributed by atoms with van der Waals surface area (Å²) >= 11 is 0. The summed E-state index contributed by atoms with van der Waals surface area (Å²) in [7, 11) is 0. The van der Waals surface area contributed by atoms with Crippen LogP contribution in [0.4, 0.5) is 4.79 Å². The van der Waals surface area contributed by atoms with Crippen molar-refractivity contribution >= 4 is 12.0 Å². The maximum atomic E-state index is 11.4. The normalized spacial score (nSPS) is 24.9. The van der Waals surface area contributed by atoms with Gasteiger partial charge >= 0.3 is 12.0 Å². The van der Waals surface area contributed by atoms with Gasteiger partial charge in [0, 0.05) is 6.04 Å². The number of amides is 2. The van der Waals surface area contributed by atoms with Gasteiger partial charge < -0.3 is 15.7 Å². The number of carbonyl (C=O) groups excluding carboxylic acids is 1. The lowest BCUT2D eigenvalue weighted by Crippen LogP contribution is -2.56. The van der Waals surface area contributed by atoms with Crippen molar-refractivity contribution in [2.75, 3.05) is 0 Å². The van der Waals surface area contributed by atoms with Crippen LogP contribution in [0, 0.1) is 5.41 Å². The highest BCUT2D eigenvalue weighted by atomic mass is 16.4. The Morgan fingerprint density at radius 1 is 1.47 bits per heavy atom. The van der Waals surface area contributed by atoms with Crippen LogP contribution in [-0.2, 0) is 4.79 Å². The van der Waals surface area contributed by atoms with Crippen LogP contribution in [0.1, 0.15) is 33.6 Å². The predicted molar refractivity (Wildman–Crippen MR) is 55.6 cm³/mol. The minimum absolute atomic E-state index is 0.129. The summed E-state index contributed by atoms with van der Waals surface area (Å²) in [6.45, 7) is 5.61. The van der Waals surface area contributed by atoms with Gasteiger partial charge in [-0.1, -0.05) is 13.8 Å². The standard InChI is InChI=1S/C10H18N2O3/c1-6(8(13)14)11-9(15)12-7-4-5-10(7,2)3/h6-7H,4-5H2,1-3H3,(H,13,14)(H2,11,12,15). The molecule has 1 aliphatic rings. The quantitative estimate of drug-likeness (QED) is 0.654.